The summed E-state index contributed by atoms with van der Waals surface area (Å²) in [4.78, 5) is 29.9. The number of nitrogens with two attached hydrogens (primary N) is 1. The molecule has 9 heteroatoms. The summed E-state index contributed by atoms with van der Waals surface area (Å²) in [6.07, 6.45) is 2.11. The number of hydrogen-bond acceptors (Lipinski definition) is 5. The molecule has 8 nitrogen and oxygen atoms in total. The van der Waals surface area contributed by atoms with E-state index < -0.39 is 16.1 Å². The number of carbonyl (C=O) groups is 2. The zero-order chi connectivity index (χ0) is 18.9. The fourth-order valence-electron chi connectivity index (χ4n) is 2.72. The Bertz CT molecular complexity index is 971. The molecule has 0 bridgehead atoms. The van der Waals surface area contributed by atoms with Gasteiger partial charge in [0.2, 0.25) is 10.0 Å². The van der Waals surface area contributed by atoms with Crippen molar-refractivity contribution in [2.45, 2.75) is 24.8 Å². The third-order valence-corrected chi connectivity index (χ3v) is 5.04. The number of nitrogens with zero attached hydrogens (tertiary/aromatic N) is 2. The quantitative estimate of drug-likeness (QED) is 0.825. The number of fused-ring (bicyclic) bond motifs is 1. The third kappa shape index (κ3) is 3.73. The molecule has 3 rings (SSSR count). The molecule has 0 spiro atoms. The molecule has 1 aliphatic heterocycles. The van der Waals surface area contributed by atoms with Gasteiger partial charge in [-0.3, -0.25) is 14.7 Å². The number of aryl methyl sites for hydroxylation is 1. The Labute approximate surface area is 151 Å². The molecule has 2 heterocycles. The van der Waals surface area contributed by atoms with Crippen LogP contribution in [0.1, 0.15) is 27.2 Å². The van der Waals surface area contributed by atoms with Gasteiger partial charge in [-0.1, -0.05) is 12.1 Å². The molecule has 0 saturated carbocycles. The van der Waals surface area contributed by atoms with Gasteiger partial charge in [0.05, 0.1) is 11.4 Å². The normalized spacial score (nSPS) is 13.6. The summed E-state index contributed by atoms with van der Waals surface area (Å²) in [6.45, 7) is 2.30. The van der Waals surface area contributed by atoms with Gasteiger partial charge in [0, 0.05) is 29.6 Å². The van der Waals surface area contributed by atoms with Crippen molar-refractivity contribution in [1.82, 2.24) is 15.2 Å². The zero-order valence-corrected chi connectivity index (χ0v) is 14.9. The molecular weight excluding hydrogens is 356 g/mol. The predicted molar refractivity (Wildman–Crippen MR) is 93.8 cm³/mol. The number of nitrogens with one attached hydrogen (secondary N) is 1. The first-order chi connectivity index (χ1) is 12.3. The second-order valence-corrected chi connectivity index (χ2v) is 7.61. The number of urea groups is 1. The molecule has 0 unspecified atom stereocenters. The lowest BCUT2D eigenvalue weighted by Crippen LogP contribution is -2.40. The molecule has 1 aromatic carbocycles. The van der Waals surface area contributed by atoms with Gasteiger partial charge in [0.25, 0.3) is 5.91 Å². The minimum absolute atomic E-state index is 0.0367. The van der Waals surface area contributed by atoms with Crippen molar-refractivity contribution < 1.29 is 18.0 Å². The highest BCUT2D eigenvalue weighted by atomic mass is 32.2. The number of aromatic nitrogens is 1. The van der Waals surface area contributed by atoms with Crippen LogP contribution in [0.5, 0.6) is 0 Å². The highest BCUT2D eigenvalue weighted by Gasteiger charge is 2.32. The number of benzene rings is 1. The summed E-state index contributed by atoms with van der Waals surface area (Å²) in [6, 6.07) is 7.32. The number of carbonyl (C=O) groups excluding carboxylic acids is 2. The van der Waals surface area contributed by atoms with Crippen molar-refractivity contribution in [2.24, 2.45) is 5.14 Å². The highest BCUT2D eigenvalue weighted by molar-refractivity contribution is 7.89. The lowest BCUT2D eigenvalue weighted by atomic mass is 10.1. The molecule has 3 N–H and O–H groups in total. The minimum atomic E-state index is -3.72. The lowest BCUT2D eigenvalue weighted by molar-refractivity contribution is 0.0821. The summed E-state index contributed by atoms with van der Waals surface area (Å²) in [5.74, 6) is -0.333. The van der Waals surface area contributed by atoms with E-state index >= 15 is 0 Å². The number of pyridine rings is 1. The predicted octanol–water partition coefficient (Wildman–Crippen LogP) is 0.946. The Morgan fingerprint density at radius 1 is 1.31 bits per heavy atom. The summed E-state index contributed by atoms with van der Waals surface area (Å²) < 4.78 is 22.4. The number of rotatable bonds is 4. The second kappa shape index (κ2) is 6.85. The van der Waals surface area contributed by atoms with Crippen LogP contribution < -0.4 is 10.5 Å². The molecule has 136 valence electrons. The molecule has 0 saturated heterocycles. The van der Waals surface area contributed by atoms with Crippen molar-refractivity contribution in [3.63, 3.8) is 0 Å². The van der Waals surface area contributed by atoms with Crippen LogP contribution in [0.4, 0.5) is 4.79 Å². The summed E-state index contributed by atoms with van der Waals surface area (Å²) in [5, 5.41) is 7.75. The number of hydrogen-bond donors (Lipinski definition) is 2. The SMILES string of the molecule is Cc1cc2c(cn1)CN(C(=O)NCCc1ccc(S(N)(=O)=O)cc1)C2=O. The first-order valence-corrected chi connectivity index (χ1v) is 9.47. The fraction of sp³-hybridized carbons (Fsp3) is 0.235. The summed E-state index contributed by atoms with van der Waals surface area (Å²) >= 11 is 0. The van der Waals surface area contributed by atoms with E-state index in [0.29, 0.717) is 18.5 Å². The molecule has 1 aromatic heterocycles. The zero-order valence-electron chi connectivity index (χ0n) is 14.1. The molecule has 0 radical (unpaired) electrons. The third-order valence-electron chi connectivity index (χ3n) is 4.11. The van der Waals surface area contributed by atoms with Crippen molar-refractivity contribution in [3.8, 4) is 0 Å². The molecule has 1 aliphatic rings. The van der Waals surface area contributed by atoms with Crippen molar-refractivity contribution in [2.75, 3.05) is 6.54 Å². The maximum absolute atomic E-state index is 12.3. The van der Waals surface area contributed by atoms with Crippen LogP contribution in [0.3, 0.4) is 0 Å². The summed E-state index contributed by atoms with van der Waals surface area (Å²) in [7, 11) is -3.72. The largest absolute Gasteiger partial charge is 0.337 e. The average Bonchev–Trinajstić information content (AvgIpc) is 2.91. The van der Waals surface area contributed by atoms with Crippen LogP contribution in [-0.2, 0) is 23.0 Å². The lowest BCUT2D eigenvalue weighted by Gasteiger charge is -2.14. The number of primary sulfonamides is 1. The van der Waals surface area contributed by atoms with Crippen LogP contribution in [0, 0.1) is 6.92 Å². The fourth-order valence-corrected chi connectivity index (χ4v) is 3.24. The maximum atomic E-state index is 12.3. The first-order valence-electron chi connectivity index (χ1n) is 7.92. The van der Waals surface area contributed by atoms with E-state index in [0.717, 1.165) is 21.7 Å². The van der Waals surface area contributed by atoms with E-state index in [9.17, 15) is 18.0 Å². The Morgan fingerprint density at radius 3 is 2.65 bits per heavy atom. The Kier molecular flexibility index (Phi) is 4.75. The van der Waals surface area contributed by atoms with E-state index in [1.807, 2.05) is 0 Å². The van der Waals surface area contributed by atoms with Gasteiger partial charge in [-0.15, -0.1) is 0 Å². The van der Waals surface area contributed by atoms with E-state index in [1.54, 1.807) is 31.3 Å². The Hall–Kier alpha value is -2.78. The number of imide groups is 1. The van der Waals surface area contributed by atoms with Gasteiger partial charge in [0.1, 0.15) is 0 Å². The number of sulfonamides is 1. The van der Waals surface area contributed by atoms with E-state index in [4.69, 9.17) is 5.14 Å². The van der Waals surface area contributed by atoms with Crippen LogP contribution in [-0.4, -0.2) is 36.8 Å². The van der Waals surface area contributed by atoms with E-state index in [-0.39, 0.29) is 17.3 Å². The monoisotopic (exact) mass is 374 g/mol. The van der Waals surface area contributed by atoms with E-state index in [1.165, 1.54) is 12.1 Å². The molecule has 2 aromatic rings. The van der Waals surface area contributed by atoms with Crippen LogP contribution in [0.15, 0.2) is 41.4 Å². The standard InChI is InChI=1S/C17H18N4O4S/c1-11-8-15-13(9-20-11)10-21(16(15)22)17(23)19-7-6-12-2-4-14(5-3-12)26(18,24)25/h2-5,8-9H,6-7,10H2,1H3,(H,19,23)(H2,18,24,25). The topological polar surface area (TPSA) is 122 Å². The first kappa shape index (κ1) is 18.0. The van der Waals surface area contributed by atoms with Gasteiger partial charge in [0.15, 0.2) is 0 Å². The van der Waals surface area contributed by atoms with Gasteiger partial charge >= 0.3 is 6.03 Å². The molecule has 0 fully saturated rings. The minimum Gasteiger partial charge on any atom is -0.337 e. The van der Waals surface area contributed by atoms with Gasteiger partial charge in [-0.2, -0.15) is 0 Å². The Balaban J connectivity index is 1.56. The van der Waals surface area contributed by atoms with Crippen molar-refractivity contribution in [1.29, 1.82) is 0 Å². The average molecular weight is 374 g/mol. The molecular formula is C17H18N4O4S. The van der Waals surface area contributed by atoms with E-state index in [2.05, 4.69) is 10.3 Å². The van der Waals surface area contributed by atoms with Crippen LogP contribution in [0.25, 0.3) is 0 Å². The molecule has 3 amide bonds. The summed E-state index contributed by atoms with van der Waals surface area (Å²) in [5.41, 5.74) is 2.80. The van der Waals surface area contributed by atoms with Gasteiger partial charge in [-0.05, 0) is 37.1 Å². The second-order valence-electron chi connectivity index (χ2n) is 6.05. The smallest absolute Gasteiger partial charge is 0.324 e. The van der Waals surface area contributed by atoms with Crippen LogP contribution >= 0.6 is 0 Å². The van der Waals surface area contributed by atoms with Gasteiger partial charge in [-0.25, -0.2) is 18.4 Å². The number of amides is 3. The molecule has 26 heavy (non-hydrogen) atoms. The van der Waals surface area contributed by atoms with Gasteiger partial charge < -0.3 is 5.32 Å². The van der Waals surface area contributed by atoms with Crippen LogP contribution in [0.2, 0.25) is 0 Å². The van der Waals surface area contributed by atoms with Crippen molar-refractivity contribution >= 4 is 22.0 Å². The molecule has 0 aliphatic carbocycles. The van der Waals surface area contributed by atoms with Crippen molar-refractivity contribution in [3.05, 3.63) is 58.9 Å². The highest BCUT2D eigenvalue weighted by Crippen LogP contribution is 2.22. The Morgan fingerprint density at radius 2 is 2.00 bits per heavy atom. The maximum Gasteiger partial charge on any atom is 0.324 e. The molecule has 0 atom stereocenters.